The predicted octanol–water partition coefficient (Wildman–Crippen LogP) is 5.49. The van der Waals surface area contributed by atoms with Gasteiger partial charge in [-0.15, -0.1) is 0 Å². The van der Waals surface area contributed by atoms with Crippen molar-refractivity contribution in [3.05, 3.63) is 52.5 Å². The number of rotatable bonds is 11. The standard InChI is InChI=1S/C25H34N2O3S2/c1-6-26-17-20(23(28)27(7-2)25(26)31)22(32-21-14-11-10-13-19(21)5)15-9-8-12-16-30-24(29)18(3)4/h10-11,13-14H,3,6-9,12,15-17H2,1-2,4-5H3/b22-20+. The van der Waals surface area contributed by atoms with Gasteiger partial charge in [0, 0.05) is 34.0 Å². The molecule has 0 N–H and O–H groups in total. The molecular formula is C25H34N2O3S2. The van der Waals surface area contributed by atoms with E-state index >= 15 is 0 Å². The van der Waals surface area contributed by atoms with Gasteiger partial charge in [-0.05, 0) is 77.2 Å². The Morgan fingerprint density at radius 2 is 1.91 bits per heavy atom. The molecule has 1 aliphatic heterocycles. The summed E-state index contributed by atoms with van der Waals surface area (Å²) in [4.78, 5) is 30.9. The molecule has 174 valence electrons. The lowest BCUT2D eigenvalue weighted by molar-refractivity contribution is -0.139. The molecule has 1 fully saturated rings. The van der Waals surface area contributed by atoms with E-state index in [1.807, 2.05) is 19.1 Å². The Morgan fingerprint density at radius 1 is 1.19 bits per heavy atom. The minimum absolute atomic E-state index is 0.0219. The zero-order valence-electron chi connectivity index (χ0n) is 19.6. The van der Waals surface area contributed by atoms with E-state index in [1.54, 1.807) is 23.6 Å². The van der Waals surface area contributed by atoms with Crippen molar-refractivity contribution in [2.24, 2.45) is 0 Å². The van der Waals surface area contributed by atoms with Crippen LogP contribution in [0.25, 0.3) is 0 Å². The highest BCUT2D eigenvalue weighted by atomic mass is 32.2. The molecule has 0 atom stereocenters. The fourth-order valence-electron chi connectivity index (χ4n) is 3.40. The van der Waals surface area contributed by atoms with Crippen molar-refractivity contribution < 1.29 is 14.3 Å². The first-order valence-corrected chi connectivity index (χ1v) is 12.4. The minimum Gasteiger partial charge on any atom is -0.462 e. The normalized spacial score (nSPS) is 15.8. The molecule has 0 radical (unpaired) electrons. The van der Waals surface area contributed by atoms with Crippen LogP contribution in [-0.4, -0.2) is 53.0 Å². The lowest BCUT2D eigenvalue weighted by Crippen LogP contribution is -2.53. The number of aryl methyl sites for hydroxylation is 1. The van der Waals surface area contributed by atoms with E-state index in [1.165, 1.54) is 5.56 Å². The van der Waals surface area contributed by atoms with Crippen molar-refractivity contribution in [2.45, 2.75) is 58.3 Å². The Labute approximate surface area is 201 Å². The van der Waals surface area contributed by atoms with Crippen LogP contribution in [0.5, 0.6) is 0 Å². The lowest BCUT2D eigenvalue weighted by atomic mass is 10.1. The third-order valence-electron chi connectivity index (χ3n) is 5.34. The molecule has 1 aromatic rings. The van der Waals surface area contributed by atoms with E-state index in [0.29, 0.717) is 30.4 Å². The zero-order chi connectivity index (χ0) is 23.7. The third-order valence-corrected chi connectivity index (χ3v) is 7.20. The number of hydrogen-bond donors (Lipinski definition) is 0. The predicted molar refractivity (Wildman–Crippen MR) is 136 cm³/mol. The quantitative estimate of drug-likeness (QED) is 0.139. The van der Waals surface area contributed by atoms with Crippen LogP contribution in [0.3, 0.4) is 0 Å². The molecule has 0 unspecified atom stereocenters. The monoisotopic (exact) mass is 474 g/mol. The van der Waals surface area contributed by atoms with Crippen molar-refractivity contribution in [3.8, 4) is 0 Å². The van der Waals surface area contributed by atoms with Crippen LogP contribution in [-0.2, 0) is 14.3 Å². The Balaban J connectivity index is 2.17. The van der Waals surface area contributed by atoms with Gasteiger partial charge >= 0.3 is 5.97 Å². The maximum Gasteiger partial charge on any atom is 0.333 e. The van der Waals surface area contributed by atoms with Crippen LogP contribution in [0.2, 0.25) is 0 Å². The molecule has 0 bridgehead atoms. The van der Waals surface area contributed by atoms with Crippen LogP contribution in [0, 0.1) is 6.92 Å². The summed E-state index contributed by atoms with van der Waals surface area (Å²) >= 11 is 7.23. The minimum atomic E-state index is -0.342. The molecule has 2 rings (SSSR count). The number of carbonyl (C=O) groups is 2. The highest BCUT2D eigenvalue weighted by molar-refractivity contribution is 8.03. The van der Waals surface area contributed by atoms with Gasteiger partial charge in [0.15, 0.2) is 5.11 Å². The van der Waals surface area contributed by atoms with Gasteiger partial charge in [-0.1, -0.05) is 36.5 Å². The number of carbonyl (C=O) groups excluding carboxylic acids is 2. The van der Waals surface area contributed by atoms with E-state index in [0.717, 1.165) is 47.6 Å². The molecular weight excluding hydrogens is 440 g/mol. The van der Waals surface area contributed by atoms with E-state index in [9.17, 15) is 9.59 Å². The van der Waals surface area contributed by atoms with Crippen molar-refractivity contribution in [1.82, 2.24) is 9.80 Å². The number of allylic oxidation sites excluding steroid dienone is 1. The largest absolute Gasteiger partial charge is 0.462 e. The van der Waals surface area contributed by atoms with Crippen molar-refractivity contribution in [2.75, 3.05) is 26.2 Å². The van der Waals surface area contributed by atoms with E-state index in [2.05, 4.69) is 37.5 Å². The molecule has 1 heterocycles. The van der Waals surface area contributed by atoms with Crippen molar-refractivity contribution in [3.63, 3.8) is 0 Å². The van der Waals surface area contributed by atoms with Crippen LogP contribution < -0.4 is 0 Å². The molecule has 5 nitrogen and oxygen atoms in total. The van der Waals surface area contributed by atoms with Gasteiger partial charge in [-0.2, -0.15) is 0 Å². The number of benzene rings is 1. The first-order chi connectivity index (χ1) is 15.3. The van der Waals surface area contributed by atoms with Gasteiger partial charge in [0.1, 0.15) is 0 Å². The van der Waals surface area contributed by atoms with Crippen LogP contribution in [0.15, 0.2) is 51.8 Å². The molecule has 1 saturated heterocycles. The molecule has 7 heteroatoms. The number of ether oxygens (including phenoxy) is 1. The molecule has 32 heavy (non-hydrogen) atoms. The summed E-state index contributed by atoms with van der Waals surface area (Å²) in [7, 11) is 0. The zero-order valence-corrected chi connectivity index (χ0v) is 21.2. The second-order valence-corrected chi connectivity index (χ2v) is 9.34. The smallest absolute Gasteiger partial charge is 0.333 e. The van der Waals surface area contributed by atoms with Gasteiger partial charge in [-0.3, -0.25) is 9.69 Å². The Morgan fingerprint density at radius 3 is 2.53 bits per heavy atom. The molecule has 0 aliphatic carbocycles. The topological polar surface area (TPSA) is 49.9 Å². The van der Waals surface area contributed by atoms with Crippen molar-refractivity contribution in [1.29, 1.82) is 0 Å². The fourth-order valence-corrected chi connectivity index (χ4v) is 4.97. The van der Waals surface area contributed by atoms with Gasteiger partial charge in [0.25, 0.3) is 5.91 Å². The summed E-state index contributed by atoms with van der Waals surface area (Å²) in [5, 5.41) is 0.614. The van der Waals surface area contributed by atoms with E-state index in [-0.39, 0.29) is 11.9 Å². The summed E-state index contributed by atoms with van der Waals surface area (Å²) in [6, 6.07) is 8.25. The number of thioether (sulfide) groups is 1. The maximum absolute atomic E-state index is 13.3. The second kappa shape index (κ2) is 12.8. The first-order valence-electron chi connectivity index (χ1n) is 11.2. The Kier molecular flexibility index (Phi) is 10.5. The Bertz CT molecular complexity index is 895. The number of nitrogens with zero attached hydrogens (tertiary/aromatic N) is 2. The number of unbranched alkanes of at least 4 members (excludes halogenated alkanes) is 2. The number of amides is 1. The number of hydrogen-bond acceptors (Lipinski definition) is 5. The lowest BCUT2D eigenvalue weighted by Gasteiger charge is -2.38. The van der Waals surface area contributed by atoms with Crippen LogP contribution in [0.1, 0.15) is 52.0 Å². The molecule has 0 aromatic heterocycles. The average Bonchev–Trinajstić information content (AvgIpc) is 2.77. The molecule has 1 amide bonds. The third kappa shape index (κ3) is 6.94. The Hall–Kier alpha value is -2.12. The molecule has 1 aliphatic rings. The molecule has 0 spiro atoms. The summed E-state index contributed by atoms with van der Waals surface area (Å²) in [5.41, 5.74) is 2.45. The highest BCUT2D eigenvalue weighted by Crippen LogP contribution is 2.36. The number of thiocarbonyl (C=S) groups is 1. The summed E-state index contributed by atoms with van der Waals surface area (Å²) in [5.74, 6) is -0.320. The summed E-state index contributed by atoms with van der Waals surface area (Å²) < 4.78 is 5.19. The second-order valence-electron chi connectivity index (χ2n) is 7.84. The van der Waals surface area contributed by atoms with E-state index in [4.69, 9.17) is 17.0 Å². The maximum atomic E-state index is 13.3. The van der Waals surface area contributed by atoms with Crippen LogP contribution >= 0.6 is 24.0 Å². The first kappa shape index (κ1) is 26.1. The van der Waals surface area contributed by atoms with Crippen molar-refractivity contribution >= 4 is 41.0 Å². The summed E-state index contributed by atoms with van der Waals surface area (Å²) in [6.45, 7) is 13.6. The van der Waals surface area contributed by atoms with E-state index < -0.39 is 0 Å². The van der Waals surface area contributed by atoms with Gasteiger partial charge in [-0.25, -0.2) is 4.79 Å². The SMILES string of the molecule is C=C(C)C(=O)OCCCCC/C(Sc1ccccc1C)=C1/CN(CC)C(=S)N(CC)C1=O. The number of likely N-dealkylation sites (N-methyl/N-ethyl adjacent to an activating group) is 2. The average molecular weight is 475 g/mol. The highest BCUT2D eigenvalue weighted by Gasteiger charge is 2.33. The molecule has 1 aromatic carbocycles. The van der Waals surface area contributed by atoms with Gasteiger partial charge in [0.05, 0.1) is 13.2 Å². The number of esters is 1. The van der Waals surface area contributed by atoms with Crippen LogP contribution in [0.4, 0.5) is 0 Å². The molecule has 0 saturated carbocycles. The fraction of sp³-hybridized carbons (Fsp3) is 0.480. The summed E-state index contributed by atoms with van der Waals surface area (Å²) in [6.07, 6.45) is 3.42. The van der Waals surface area contributed by atoms with Gasteiger partial charge < -0.3 is 9.64 Å². The van der Waals surface area contributed by atoms with Gasteiger partial charge in [0.2, 0.25) is 0 Å².